The van der Waals surface area contributed by atoms with Crippen LogP contribution < -0.4 is 0 Å². The topological polar surface area (TPSA) is 74.7 Å². The third kappa shape index (κ3) is 2.22. The van der Waals surface area contributed by atoms with E-state index in [0.717, 1.165) is 17.0 Å². The molecule has 5 nitrogen and oxygen atoms in total. The number of carbonyl (C=O) groups is 3. The minimum atomic E-state index is -1.35. The molecule has 0 unspecified atom stereocenters. The molecule has 1 fully saturated rings. The zero-order valence-corrected chi connectivity index (χ0v) is 9.35. The van der Waals surface area contributed by atoms with Crippen LogP contribution in [0.5, 0.6) is 0 Å². The van der Waals surface area contributed by atoms with Gasteiger partial charge in [-0.05, 0) is 17.7 Å². The van der Waals surface area contributed by atoms with E-state index >= 15 is 0 Å². The average Bonchev–Trinajstić information content (AvgIpc) is 2.60. The number of hydrogen-bond acceptors (Lipinski definition) is 3. The number of rotatable bonds is 3. The lowest BCUT2D eigenvalue weighted by atomic mass is 10.1. The molecule has 1 heterocycles. The van der Waals surface area contributed by atoms with E-state index in [4.69, 9.17) is 5.11 Å². The lowest BCUT2D eigenvalue weighted by molar-refractivity contribution is -0.139. The minimum absolute atomic E-state index is 0.0194. The molecule has 1 saturated heterocycles. The Morgan fingerprint density at radius 1 is 1.28 bits per heavy atom. The number of aromatic carboxylic acids is 1. The van der Waals surface area contributed by atoms with Gasteiger partial charge in [0.1, 0.15) is 5.82 Å². The Bertz CT molecular complexity index is 525. The normalized spacial score (nSPS) is 15.3. The van der Waals surface area contributed by atoms with Crippen LogP contribution in [0, 0.1) is 5.82 Å². The standard InChI is InChI=1S/C12H10FNO4/c13-9-5-7(1-2-8(9)12(17)18)6-14-10(15)3-4-11(14)16/h1-2,5H,3-4,6H2,(H,17,18). The fourth-order valence-electron chi connectivity index (χ4n) is 1.81. The van der Waals surface area contributed by atoms with Gasteiger partial charge >= 0.3 is 5.97 Å². The van der Waals surface area contributed by atoms with Crippen molar-refractivity contribution >= 4 is 17.8 Å². The van der Waals surface area contributed by atoms with E-state index in [0.29, 0.717) is 5.56 Å². The summed E-state index contributed by atoms with van der Waals surface area (Å²) in [4.78, 5) is 34.4. The van der Waals surface area contributed by atoms with E-state index in [2.05, 4.69) is 0 Å². The first-order chi connectivity index (χ1) is 8.49. The third-order valence-corrected chi connectivity index (χ3v) is 2.76. The Labute approximate surface area is 102 Å². The largest absolute Gasteiger partial charge is 0.478 e. The van der Waals surface area contributed by atoms with Gasteiger partial charge in [-0.25, -0.2) is 9.18 Å². The fourth-order valence-corrected chi connectivity index (χ4v) is 1.81. The van der Waals surface area contributed by atoms with Gasteiger partial charge in [0, 0.05) is 12.8 Å². The van der Waals surface area contributed by atoms with Gasteiger partial charge in [-0.3, -0.25) is 14.5 Å². The molecule has 1 N–H and O–H groups in total. The molecular formula is C12H10FNO4. The predicted molar refractivity (Wildman–Crippen MR) is 58.2 cm³/mol. The van der Waals surface area contributed by atoms with Crippen LogP contribution in [0.2, 0.25) is 0 Å². The van der Waals surface area contributed by atoms with Gasteiger partial charge < -0.3 is 5.11 Å². The second-order valence-electron chi connectivity index (χ2n) is 3.99. The van der Waals surface area contributed by atoms with Crippen molar-refractivity contribution < 1.29 is 23.9 Å². The molecule has 0 saturated carbocycles. The summed E-state index contributed by atoms with van der Waals surface area (Å²) in [6.07, 6.45) is 0.350. The molecule has 0 spiro atoms. The average molecular weight is 251 g/mol. The van der Waals surface area contributed by atoms with E-state index in [9.17, 15) is 18.8 Å². The van der Waals surface area contributed by atoms with Crippen molar-refractivity contribution in [2.24, 2.45) is 0 Å². The van der Waals surface area contributed by atoms with Gasteiger partial charge in [-0.1, -0.05) is 6.07 Å². The molecule has 18 heavy (non-hydrogen) atoms. The number of benzene rings is 1. The van der Waals surface area contributed by atoms with Crippen LogP contribution in [0.15, 0.2) is 18.2 Å². The van der Waals surface area contributed by atoms with Crippen molar-refractivity contribution in [2.75, 3.05) is 0 Å². The summed E-state index contributed by atoms with van der Waals surface area (Å²) in [5.74, 6) is -2.81. The Hall–Kier alpha value is -2.24. The Morgan fingerprint density at radius 2 is 1.89 bits per heavy atom. The van der Waals surface area contributed by atoms with Gasteiger partial charge in [0.05, 0.1) is 12.1 Å². The highest BCUT2D eigenvalue weighted by Crippen LogP contribution is 2.17. The van der Waals surface area contributed by atoms with Crippen LogP contribution in [0.1, 0.15) is 28.8 Å². The summed E-state index contributed by atoms with van der Waals surface area (Å²) in [5, 5.41) is 8.67. The quantitative estimate of drug-likeness (QED) is 0.818. The van der Waals surface area contributed by atoms with Crippen LogP contribution in [0.4, 0.5) is 4.39 Å². The molecule has 1 aromatic carbocycles. The number of carboxylic acids is 1. The molecule has 2 rings (SSSR count). The van der Waals surface area contributed by atoms with Crippen molar-refractivity contribution in [3.8, 4) is 0 Å². The van der Waals surface area contributed by atoms with Crippen molar-refractivity contribution in [3.63, 3.8) is 0 Å². The number of halogens is 1. The molecule has 1 aliphatic rings. The second-order valence-corrected chi connectivity index (χ2v) is 3.99. The number of carboxylic acid groups (broad SMARTS) is 1. The van der Waals surface area contributed by atoms with Crippen molar-refractivity contribution in [2.45, 2.75) is 19.4 Å². The molecule has 0 bridgehead atoms. The van der Waals surface area contributed by atoms with E-state index in [1.807, 2.05) is 0 Å². The first-order valence-electron chi connectivity index (χ1n) is 5.34. The molecule has 2 amide bonds. The molecule has 94 valence electrons. The highest BCUT2D eigenvalue weighted by Gasteiger charge is 2.28. The first kappa shape index (κ1) is 12.2. The van der Waals surface area contributed by atoms with Gasteiger partial charge in [-0.2, -0.15) is 0 Å². The van der Waals surface area contributed by atoms with E-state index in [1.165, 1.54) is 6.07 Å². The monoisotopic (exact) mass is 251 g/mol. The van der Waals surface area contributed by atoms with Crippen LogP contribution in [-0.4, -0.2) is 27.8 Å². The minimum Gasteiger partial charge on any atom is -0.478 e. The second kappa shape index (κ2) is 4.56. The van der Waals surface area contributed by atoms with Crippen LogP contribution in [-0.2, 0) is 16.1 Å². The number of hydrogen-bond donors (Lipinski definition) is 1. The van der Waals surface area contributed by atoms with Gasteiger partial charge in [0.2, 0.25) is 11.8 Å². The summed E-state index contributed by atoms with van der Waals surface area (Å²) in [6, 6.07) is 3.55. The van der Waals surface area contributed by atoms with E-state index < -0.39 is 17.3 Å². The molecule has 6 heteroatoms. The maximum absolute atomic E-state index is 13.4. The van der Waals surface area contributed by atoms with Gasteiger partial charge in [0.15, 0.2) is 0 Å². The maximum Gasteiger partial charge on any atom is 0.338 e. The Morgan fingerprint density at radius 3 is 2.39 bits per heavy atom. The smallest absolute Gasteiger partial charge is 0.338 e. The number of imide groups is 1. The van der Waals surface area contributed by atoms with Crippen molar-refractivity contribution in [1.82, 2.24) is 4.90 Å². The maximum atomic E-state index is 13.4. The zero-order valence-electron chi connectivity index (χ0n) is 9.35. The Balaban J connectivity index is 2.20. The molecule has 0 aromatic heterocycles. The number of likely N-dealkylation sites (tertiary alicyclic amines) is 1. The highest BCUT2D eigenvalue weighted by atomic mass is 19.1. The summed E-state index contributed by atoms with van der Waals surface area (Å²) < 4.78 is 13.4. The molecule has 0 radical (unpaired) electrons. The predicted octanol–water partition coefficient (Wildman–Crippen LogP) is 1.17. The van der Waals surface area contributed by atoms with E-state index in [-0.39, 0.29) is 31.2 Å². The lowest BCUT2D eigenvalue weighted by Gasteiger charge is -2.13. The highest BCUT2D eigenvalue weighted by molar-refractivity contribution is 6.01. The molecule has 1 aromatic rings. The first-order valence-corrected chi connectivity index (χ1v) is 5.34. The SMILES string of the molecule is O=C(O)c1ccc(CN2C(=O)CCC2=O)cc1F. The molecule has 1 aliphatic heterocycles. The van der Waals surface area contributed by atoms with Crippen LogP contribution >= 0.6 is 0 Å². The summed E-state index contributed by atoms with van der Waals surface area (Å²) in [6.45, 7) is -0.0194. The van der Waals surface area contributed by atoms with E-state index in [1.54, 1.807) is 0 Å². The Kier molecular flexibility index (Phi) is 3.10. The summed E-state index contributed by atoms with van der Waals surface area (Å²) in [5.41, 5.74) is -0.0427. The third-order valence-electron chi connectivity index (χ3n) is 2.76. The number of nitrogens with zero attached hydrogens (tertiary/aromatic N) is 1. The summed E-state index contributed by atoms with van der Waals surface area (Å²) in [7, 11) is 0. The number of carbonyl (C=O) groups excluding carboxylic acids is 2. The molecule has 0 aliphatic carbocycles. The lowest BCUT2D eigenvalue weighted by Crippen LogP contribution is -2.28. The van der Waals surface area contributed by atoms with Crippen LogP contribution in [0.25, 0.3) is 0 Å². The van der Waals surface area contributed by atoms with Gasteiger partial charge in [0.25, 0.3) is 0 Å². The van der Waals surface area contributed by atoms with Crippen molar-refractivity contribution in [3.05, 3.63) is 35.1 Å². The molecule has 0 atom stereocenters. The number of amides is 2. The molecular weight excluding hydrogens is 241 g/mol. The van der Waals surface area contributed by atoms with Gasteiger partial charge in [-0.15, -0.1) is 0 Å². The fraction of sp³-hybridized carbons (Fsp3) is 0.250. The van der Waals surface area contributed by atoms with Crippen molar-refractivity contribution in [1.29, 1.82) is 0 Å². The summed E-state index contributed by atoms with van der Waals surface area (Å²) >= 11 is 0. The van der Waals surface area contributed by atoms with Crippen LogP contribution in [0.3, 0.4) is 0 Å². The zero-order chi connectivity index (χ0) is 13.3.